The van der Waals surface area contributed by atoms with E-state index in [0.29, 0.717) is 19.3 Å². The molecule has 6 nitrogen and oxygen atoms in total. The lowest BCUT2D eigenvalue weighted by Gasteiger charge is -2.18. The minimum atomic E-state index is -0.768. The fourth-order valence-electron chi connectivity index (χ4n) is 9.91. The van der Waals surface area contributed by atoms with Crippen LogP contribution in [0.2, 0.25) is 0 Å². The van der Waals surface area contributed by atoms with Gasteiger partial charge < -0.3 is 14.2 Å². The third-order valence-corrected chi connectivity index (χ3v) is 14.8. The molecule has 0 saturated heterocycles. The van der Waals surface area contributed by atoms with Gasteiger partial charge in [-0.15, -0.1) is 0 Å². The van der Waals surface area contributed by atoms with Crippen LogP contribution in [0.5, 0.6) is 0 Å². The van der Waals surface area contributed by atoms with Crippen LogP contribution in [-0.4, -0.2) is 37.2 Å². The Hall–Kier alpha value is -1.85. The van der Waals surface area contributed by atoms with Gasteiger partial charge >= 0.3 is 17.9 Å². The van der Waals surface area contributed by atoms with Crippen LogP contribution < -0.4 is 0 Å². The summed E-state index contributed by atoms with van der Waals surface area (Å²) in [5, 5.41) is 0. The first-order chi connectivity index (χ1) is 35.0. The zero-order valence-electron chi connectivity index (χ0n) is 48.3. The minimum Gasteiger partial charge on any atom is -0.462 e. The molecule has 0 aliphatic rings. The minimum absolute atomic E-state index is 0.0652. The van der Waals surface area contributed by atoms with Crippen molar-refractivity contribution in [3.63, 3.8) is 0 Å². The first-order valence-electron chi connectivity index (χ1n) is 32.2. The average molecular weight is 1000 g/mol. The van der Waals surface area contributed by atoms with E-state index in [2.05, 4.69) is 32.9 Å². The molecular formula is C65H124O6. The Morgan fingerprint density at radius 3 is 0.718 bits per heavy atom. The molecule has 0 saturated carbocycles. The molecule has 0 bridgehead atoms. The lowest BCUT2D eigenvalue weighted by molar-refractivity contribution is -0.167. The van der Waals surface area contributed by atoms with Gasteiger partial charge in [0.2, 0.25) is 0 Å². The summed E-state index contributed by atoms with van der Waals surface area (Å²) in [4.78, 5) is 38.3. The van der Waals surface area contributed by atoms with Crippen molar-refractivity contribution in [3.8, 4) is 0 Å². The van der Waals surface area contributed by atoms with E-state index in [9.17, 15) is 14.4 Å². The van der Waals surface area contributed by atoms with Crippen LogP contribution in [0.25, 0.3) is 0 Å². The smallest absolute Gasteiger partial charge is 0.306 e. The predicted octanol–water partition coefficient (Wildman–Crippen LogP) is 21.7. The molecule has 0 radical (unpaired) electrons. The monoisotopic (exact) mass is 1000 g/mol. The molecular weight excluding hydrogens is 877 g/mol. The van der Waals surface area contributed by atoms with E-state index in [-0.39, 0.29) is 31.1 Å². The van der Waals surface area contributed by atoms with E-state index in [1.807, 2.05) is 0 Å². The van der Waals surface area contributed by atoms with Crippen molar-refractivity contribution in [2.75, 3.05) is 13.2 Å². The number of esters is 3. The van der Waals surface area contributed by atoms with Crippen molar-refractivity contribution < 1.29 is 28.6 Å². The number of hydrogen-bond acceptors (Lipinski definition) is 6. The zero-order chi connectivity index (χ0) is 51.4. The Bertz CT molecular complexity index is 1100. The van der Waals surface area contributed by atoms with E-state index in [0.717, 1.165) is 57.8 Å². The fraction of sp³-hybridized carbons (Fsp3) is 0.923. The Morgan fingerprint density at radius 2 is 0.465 bits per heavy atom. The molecule has 0 aliphatic carbocycles. The number of allylic oxidation sites excluding steroid dienone is 2. The topological polar surface area (TPSA) is 78.9 Å². The van der Waals surface area contributed by atoms with Gasteiger partial charge in [-0.3, -0.25) is 14.4 Å². The normalized spacial score (nSPS) is 12.0. The number of ether oxygens (including phenoxy) is 3. The molecule has 6 heteroatoms. The molecule has 0 aliphatic heterocycles. The second-order valence-electron chi connectivity index (χ2n) is 22.0. The maximum atomic E-state index is 12.9. The standard InChI is InChI=1S/C65H124O6/c1-4-7-10-13-16-19-22-25-28-30-31-32-33-35-38-40-43-46-49-52-55-58-64(67)70-61-62(71-65(68)59-56-53-50-47-44-41-36-27-24-21-18-15-12-9-6-3)60-69-63(66)57-54-51-48-45-42-39-37-34-29-26-23-20-17-14-11-8-5-2/h21,24,62H,4-20,22-23,25-61H2,1-3H3/b24-21-. The number of rotatable bonds is 60. The highest BCUT2D eigenvalue weighted by molar-refractivity contribution is 5.71. The highest BCUT2D eigenvalue weighted by Gasteiger charge is 2.19. The highest BCUT2D eigenvalue weighted by atomic mass is 16.6. The second-order valence-corrected chi connectivity index (χ2v) is 22.0. The van der Waals surface area contributed by atoms with Gasteiger partial charge in [-0.05, 0) is 44.9 Å². The summed E-state index contributed by atoms with van der Waals surface area (Å²) in [6, 6.07) is 0. The second kappa shape index (κ2) is 60.7. The molecule has 0 amide bonds. The molecule has 0 aromatic heterocycles. The lowest BCUT2D eigenvalue weighted by Crippen LogP contribution is -2.30. The summed E-state index contributed by atoms with van der Waals surface area (Å²) in [5.74, 6) is -0.838. The maximum Gasteiger partial charge on any atom is 0.306 e. The van der Waals surface area contributed by atoms with Gasteiger partial charge in [0.1, 0.15) is 13.2 Å². The van der Waals surface area contributed by atoms with Gasteiger partial charge in [0.25, 0.3) is 0 Å². The molecule has 0 N–H and O–H groups in total. The third kappa shape index (κ3) is 58.9. The van der Waals surface area contributed by atoms with Gasteiger partial charge in [0.15, 0.2) is 6.10 Å². The number of unbranched alkanes of at least 4 members (excludes halogenated alkanes) is 47. The number of hydrogen-bond donors (Lipinski definition) is 0. The van der Waals surface area contributed by atoms with E-state index < -0.39 is 6.10 Å². The molecule has 0 rings (SSSR count). The molecule has 0 spiro atoms. The average Bonchev–Trinajstić information content (AvgIpc) is 3.37. The lowest BCUT2D eigenvalue weighted by atomic mass is 10.0. The Balaban J connectivity index is 4.27. The quantitative estimate of drug-likeness (QED) is 0.0261. The third-order valence-electron chi connectivity index (χ3n) is 14.8. The van der Waals surface area contributed by atoms with Crippen molar-refractivity contribution in [1.82, 2.24) is 0 Å². The van der Waals surface area contributed by atoms with Crippen molar-refractivity contribution >= 4 is 17.9 Å². The number of carbonyl (C=O) groups excluding carboxylic acids is 3. The molecule has 0 fully saturated rings. The summed E-state index contributed by atoms with van der Waals surface area (Å²) in [5.41, 5.74) is 0. The van der Waals surface area contributed by atoms with E-state index >= 15 is 0 Å². The van der Waals surface area contributed by atoms with Crippen LogP contribution >= 0.6 is 0 Å². The summed E-state index contributed by atoms with van der Waals surface area (Å²) in [7, 11) is 0. The zero-order valence-corrected chi connectivity index (χ0v) is 48.3. The van der Waals surface area contributed by atoms with Crippen molar-refractivity contribution in [3.05, 3.63) is 12.2 Å². The van der Waals surface area contributed by atoms with Crippen LogP contribution in [0.3, 0.4) is 0 Å². The van der Waals surface area contributed by atoms with Gasteiger partial charge in [-0.2, -0.15) is 0 Å². The Labute approximate surface area is 443 Å². The van der Waals surface area contributed by atoms with Crippen LogP contribution in [0, 0.1) is 0 Å². The molecule has 1 atom stereocenters. The number of carbonyl (C=O) groups is 3. The highest BCUT2D eigenvalue weighted by Crippen LogP contribution is 2.18. The summed E-state index contributed by atoms with van der Waals surface area (Å²) in [6.45, 7) is 6.70. The van der Waals surface area contributed by atoms with Crippen molar-refractivity contribution in [2.24, 2.45) is 0 Å². The first kappa shape index (κ1) is 69.2. The van der Waals surface area contributed by atoms with Gasteiger partial charge in [-0.25, -0.2) is 0 Å². The molecule has 0 heterocycles. The molecule has 1 unspecified atom stereocenters. The van der Waals surface area contributed by atoms with E-state index in [1.54, 1.807) is 0 Å². The fourth-order valence-corrected chi connectivity index (χ4v) is 9.91. The van der Waals surface area contributed by atoms with Crippen molar-refractivity contribution in [2.45, 2.75) is 374 Å². The summed E-state index contributed by atoms with van der Waals surface area (Å²) < 4.78 is 17.0. The molecule has 0 aromatic carbocycles. The van der Waals surface area contributed by atoms with Crippen LogP contribution in [0.4, 0.5) is 0 Å². The summed E-state index contributed by atoms with van der Waals surface area (Å²) >= 11 is 0. The molecule has 420 valence electrons. The predicted molar refractivity (Wildman–Crippen MR) is 307 cm³/mol. The van der Waals surface area contributed by atoms with Gasteiger partial charge in [-0.1, -0.05) is 315 Å². The van der Waals surface area contributed by atoms with Crippen LogP contribution in [0.15, 0.2) is 12.2 Å². The SMILES string of the molecule is CCCCCC/C=C\CCCCCCCCCC(=O)OC(COC(=O)CCCCCCCCCCCCCCCCCCC)COC(=O)CCCCCCCCCCCCCCCCCCCCCCC. The van der Waals surface area contributed by atoms with Crippen LogP contribution in [0.1, 0.15) is 367 Å². The first-order valence-corrected chi connectivity index (χ1v) is 32.2. The van der Waals surface area contributed by atoms with Gasteiger partial charge in [0, 0.05) is 19.3 Å². The molecule has 71 heavy (non-hydrogen) atoms. The molecule has 0 aromatic rings. The van der Waals surface area contributed by atoms with Crippen LogP contribution in [-0.2, 0) is 28.6 Å². The van der Waals surface area contributed by atoms with E-state index in [1.165, 1.54) is 270 Å². The summed E-state index contributed by atoms with van der Waals surface area (Å²) in [6.07, 6.45) is 70.7. The maximum absolute atomic E-state index is 12.9. The van der Waals surface area contributed by atoms with Crippen molar-refractivity contribution in [1.29, 1.82) is 0 Å². The largest absolute Gasteiger partial charge is 0.462 e. The Morgan fingerprint density at radius 1 is 0.268 bits per heavy atom. The Kier molecular flexibility index (Phi) is 59.1. The van der Waals surface area contributed by atoms with E-state index in [4.69, 9.17) is 14.2 Å². The van der Waals surface area contributed by atoms with Gasteiger partial charge in [0.05, 0.1) is 0 Å².